The molecular weight excluding hydrogens is 498 g/mol. The Bertz CT molecular complexity index is 1590. The molecule has 1 saturated heterocycles. The number of aromatic amines is 1. The van der Waals surface area contributed by atoms with Crippen LogP contribution in [0.3, 0.4) is 0 Å². The second-order valence-electron chi connectivity index (χ2n) is 11.6. The number of amides is 2. The van der Waals surface area contributed by atoms with Gasteiger partial charge < -0.3 is 25.0 Å². The van der Waals surface area contributed by atoms with Crippen LogP contribution in [-0.4, -0.2) is 73.9 Å². The topological polar surface area (TPSA) is 71.7 Å². The first-order valence-corrected chi connectivity index (χ1v) is 14.0. The molecular formula is C33H37N5O2. The predicted molar refractivity (Wildman–Crippen MR) is 161 cm³/mol. The summed E-state index contributed by atoms with van der Waals surface area (Å²) in [5, 5.41) is 5.70. The maximum absolute atomic E-state index is 13.8. The molecule has 2 N–H and O–H groups in total. The number of likely N-dealkylation sites (N-methyl/N-ethyl adjacent to an activating group) is 1. The van der Waals surface area contributed by atoms with Crippen LogP contribution in [-0.2, 0) is 5.54 Å². The molecule has 0 unspecified atom stereocenters. The van der Waals surface area contributed by atoms with E-state index >= 15 is 0 Å². The number of aryl methyl sites for hydroxylation is 1. The van der Waals surface area contributed by atoms with Gasteiger partial charge in [-0.2, -0.15) is 0 Å². The molecule has 6 rings (SSSR count). The molecule has 4 aromatic rings. The molecule has 206 valence electrons. The van der Waals surface area contributed by atoms with Crippen molar-refractivity contribution in [3.8, 4) is 11.3 Å². The van der Waals surface area contributed by atoms with Crippen molar-refractivity contribution in [1.29, 1.82) is 0 Å². The Morgan fingerprint density at radius 3 is 2.40 bits per heavy atom. The number of carbonyl (C=O) groups is 2. The minimum atomic E-state index is -0.419. The van der Waals surface area contributed by atoms with Crippen molar-refractivity contribution in [3.63, 3.8) is 0 Å². The van der Waals surface area contributed by atoms with Crippen molar-refractivity contribution in [2.45, 2.75) is 25.3 Å². The summed E-state index contributed by atoms with van der Waals surface area (Å²) in [6.45, 7) is 5.98. The monoisotopic (exact) mass is 535 g/mol. The third kappa shape index (κ3) is 4.86. The van der Waals surface area contributed by atoms with Crippen LogP contribution < -0.4 is 10.2 Å². The molecule has 2 aliphatic rings. The van der Waals surface area contributed by atoms with Gasteiger partial charge in [-0.25, -0.2) is 0 Å². The van der Waals surface area contributed by atoms with Gasteiger partial charge in [-0.1, -0.05) is 30.3 Å². The summed E-state index contributed by atoms with van der Waals surface area (Å²) in [6, 6.07) is 22.7. The molecule has 1 aliphatic heterocycles. The molecule has 7 nitrogen and oxygen atoms in total. The first-order valence-electron chi connectivity index (χ1n) is 14.0. The number of fused-ring (bicyclic) bond motifs is 1. The highest BCUT2D eigenvalue weighted by atomic mass is 16.2. The van der Waals surface area contributed by atoms with E-state index in [1.54, 1.807) is 19.0 Å². The van der Waals surface area contributed by atoms with Crippen LogP contribution in [0.5, 0.6) is 0 Å². The third-order valence-electron chi connectivity index (χ3n) is 8.45. The molecule has 0 atom stereocenters. The number of hydrogen-bond acceptors (Lipinski definition) is 4. The summed E-state index contributed by atoms with van der Waals surface area (Å²) in [4.78, 5) is 35.9. The van der Waals surface area contributed by atoms with Gasteiger partial charge in [0, 0.05) is 57.2 Å². The summed E-state index contributed by atoms with van der Waals surface area (Å²) in [7, 11) is 5.65. The smallest absolute Gasteiger partial charge is 0.269 e. The van der Waals surface area contributed by atoms with Gasteiger partial charge in [0.05, 0.1) is 5.54 Å². The van der Waals surface area contributed by atoms with Crippen LogP contribution in [0, 0.1) is 6.92 Å². The summed E-state index contributed by atoms with van der Waals surface area (Å²) in [5.41, 5.74) is 5.97. The van der Waals surface area contributed by atoms with E-state index in [1.807, 2.05) is 25.1 Å². The number of benzene rings is 3. The zero-order chi connectivity index (χ0) is 28.0. The highest BCUT2D eigenvalue weighted by Gasteiger charge is 2.47. The molecule has 0 spiro atoms. The van der Waals surface area contributed by atoms with E-state index in [9.17, 15) is 9.59 Å². The maximum Gasteiger partial charge on any atom is 0.269 e. The van der Waals surface area contributed by atoms with Crippen LogP contribution in [0.15, 0.2) is 66.7 Å². The summed E-state index contributed by atoms with van der Waals surface area (Å²) < 4.78 is 0. The average molecular weight is 536 g/mol. The van der Waals surface area contributed by atoms with Crippen LogP contribution in [0.25, 0.3) is 22.0 Å². The van der Waals surface area contributed by atoms with Gasteiger partial charge in [0.1, 0.15) is 5.69 Å². The quantitative estimate of drug-likeness (QED) is 0.364. The Morgan fingerprint density at radius 1 is 0.925 bits per heavy atom. The normalized spacial score (nSPS) is 16.6. The van der Waals surface area contributed by atoms with E-state index in [0.717, 1.165) is 83.4 Å². The van der Waals surface area contributed by atoms with Crippen molar-refractivity contribution in [2.24, 2.45) is 0 Å². The van der Waals surface area contributed by atoms with E-state index in [4.69, 9.17) is 0 Å². The van der Waals surface area contributed by atoms with Crippen molar-refractivity contribution in [3.05, 3.63) is 89.1 Å². The number of nitrogens with zero attached hydrogens (tertiary/aromatic N) is 3. The molecule has 2 heterocycles. The van der Waals surface area contributed by atoms with E-state index in [0.29, 0.717) is 5.69 Å². The van der Waals surface area contributed by atoms with Gasteiger partial charge in [-0.15, -0.1) is 0 Å². The largest absolute Gasteiger partial charge is 0.369 e. The van der Waals surface area contributed by atoms with E-state index < -0.39 is 5.54 Å². The molecule has 1 aromatic heterocycles. The van der Waals surface area contributed by atoms with Crippen molar-refractivity contribution < 1.29 is 9.59 Å². The Kier molecular flexibility index (Phi) is 6.62. The summed E-state index contributed by atoms with van der Waals surface area (Å²) >= 11 is 0. The zero-order valence-corrected chi connectivity index (χ0v) is 23.8. The number of hydrogen-bond donors (Lipinski definition) is 2. The third-order valence-corrected chi connectivity index (χ3v) is 8.45. The first kappa shape index (κ1) is 26.1. The summed E-state index contributed by atoms with van der Waals surface area (Å²) in [5.74, 6) is -0.0911. The van der Waals surface area contributed by atoms with Gasteiger partial charge in [-0.3, -0.25) is 9.59 Å². The second-order valence-corrected chi connectivity index (χ2v) is 11.6. The molecule has 3 aromatic carbocycles. The van der Waals surface area contributed by atoms with E-state index in [1.165, 1.54) is 0 Å². The lowest BCUT2D eigenvalue weighted by Crippen LogP contribution is -2.44. The second kappa shape index (κ2) is 10.1. The van der Waals surface area contributed by atoms with Crippen LogP contribution in [0.1, 0.15) is 44.8 Å². The number of aromatic nitrogens is 1. The van der Waals surface area contributed by atoms with Crippen molar-refractivity contribution in [1.82, 2.24) is 20.1 Å². The van der Waals surface area contributed by atoms with Crippen molar-refractivity contribution in [2.75, 3.05) is 52.2 Å². The summed E-state index contributed by atoms with van der Waals surface area (Å²) in [6.07, 6.45) is 1.77. The number of nitrogens with one attached hydrogen (secondary N) is 2. The molecule has 1 aliphatic carbocycles. The molecule has 40 heavy (non-hydrogen) atoms. The highest BCUT2D eigenvalue weighted by Crippen LogP contribution is 2.49. The number of rotatable bonds is 6. The van der Waals surface area contributed by atoms with Crippen LogP contribution in [0.4, 0.5) is 5.69 Å². The average Bonchev–Trinajstić information content (AvgIpc) is 3.56. The fourth-order valence-corrected chi connectivity index (χ4v) is 5.78. The fourth-order valence-electron chi connectivity index (χ4n) is 5.78. The maximum atomic E-state index is 13.8. The lowest BCUT2D eigenvalue weighted by molar-refractivity contribution is 0.0822. The predicted octanol–water partition coefficient (Wildman–Crippen LogP) is 5.02. The van der Waals surface area contributed by atoms with E-state index in [-0.39, 0.29) is 11.8 Å². The molecule has 7 heteroatoms. The lowest BCUT2D eigenvalue weighted by atomic mass is 9.93. The van der Waals surface area contributed by atoms with Crippen LogP contribution >= 0.6 is 0 Å². The van der Waals surface area contributed by atoms with Gasteiger partial charge in [0.2, 0.25) is 0 Å². The molecule has 0 radical (unpaired) electrons. The Labute approximate surface area is 235 Å². The minimum Gasteiger partial charge on any atom is -0.369 e. The lowest BCUT2D eigenvalue weighted by Gasteiger charge is -2.34. The van der Waals surface area contributed by atoms with E-state index in [2.05, 4.69) is 75.7 Å². The Hall–Kier alpha value is -4.10. The first-order chi connectivity index (χ1) is 19.2. The minimum absolute atomic E-state index is 0.0285. The highest BCUT2D eigenvalue weighted by molar-refractivity contribution is 5.99. The number of carbonyl (C=O) groups excluding carboxylic acids is 2. The Morgan fingerprint density at radius 2 is 1.68 bits per heavy atom. The number of H-pyrrole nitrogens is 1. The number of piperazine rings is 1. The van der Waals surface area contributed by atoms with Gasteiger partial charge in [0.15, 0.2) is 0 Å². The number of anilines is 1. The van der Waals surface area contributed by atoms with Crippen LogP contribution in [0.2, 0.25) is 0 Å². The Balaban J connectivity index is 1.33. The molecule has 1 saturated carbocycles. The SMILES string of the molecule is Cc1ccc(N2CCN(C)CC2)cc1C(=O)NC1(c2cc(-c3ccc(C(=O)N(C)C)[nH]3)cc3ccccc23)CC1. The fraction of sp³-hybridized carbons (Fsp3) is 0.333. The molecule has 2 fully saturated rings. The van der Waals surface area contributed by atoms with Gasteiger partial charge in [0.25, 0.3) is 11.8 Å². The standard InChI is InChI=1S/C33H37N5O2/c1-22-9-10-25(38-17-15-37(4)16-18-38)21-27(22)31(39)35-33(13-14-33)28-20-24(19-23-7-5-6-8-26(23)28)29-11-12-30(34-29)32(40)36(2)3/h5-12,19-21,34H,13-18H2,1-4H3,(H,35,39). The molecule has 2 amide bonds. The molecule has 0 bridgehead atoms. The zero-order valence-electron chi connectivity index (χ0n) is 23.8. The van der Waals surface area contributed by atoms with Crippen molar-refractivity contribution >= 4 is 28.3 Å². The van der Waals surface area contributed by atoms with Gasteiger partial charge in [-0.05, 0) is 90.7 Å². The van der Waals surface area contributed by atoms with Gasteiger partial charge >= 0.3 is 0 Å².